The number of anilines is 2. The van der Waals surface area contributed by atoms with Gasteiger partial charge in [0.15, 0.2) is 11.7 Å². The number of thiazole rings is 1. The first-order valence-corrected chi connectivity index (χ1v) is 9.84. The predicted octanol–water partition coefficient (Wildman–Crippen LogP) is 1.13. The minimum Gasteiger partial charge on any atom is -0.495 e. The predicted molar refractivity (Wildman–Crippen MR) is 105 cm³/mol. The lowest BCUT2D eigenvalue weighted by Crippen LogP contribution is -3.09. The molecule has 2 N–H and O–H groups in total. The zero-order chi connectivity index (χ0) is 19.4. The highest BCUT2D eigenvalue weighted by molar-refractivity contribution is 7.14. The second-order valence-corrected chi connectivity index (χ2v) is 7.64. The summed E-state index contributed by atoms with van der Waals surface area (Å²) in [4.78, 5) is 31.4. The fraction of sp³-hybridized carbons (Fsp3) is 0.421. The molecule has 1 saturated carbocycles. The summed E-state index contributed by atoms with van der Waals surface area (Å²) >= 11 is 1.41. The zero-order valence-electron chi connectivity index (χ0n) is 15.8. The molecule has 0 spiro atoms. The van der Waals surface area contributed by atoms with E-state index in [0.29, 0.717) is 35.7 Å². The number of carbonyl (C=O) groups is 2. The van der Waals surface area contributed by atoms with Crippen molar-refractivity contribution in [2.45, 2.75) is 32.4 Å². The number of carbonyl (C=O) groups excluding carboxylic acids is 2. The van der Waals surface area contributed by atoms with Gasteiger partial charge in [-0.3, -0.25) is 14.5 Å². The van der Waals surface area contributed by atoms with Crippen molar-refractivity contribution in [3.05, 3.63) is 35.3 Å². The number of nitrogens with zero attached hydrogens (tertiary/aromatic N) is 2. The molecule has 27 heavy (non-hydrogen) atoms. The lowest BCUT2D eigenvalue weighted by Gasteiger charge is -2.20. The van der Waals surface area contributed by atoms with Crippen molar-refractivity contribution in [2.24, 2.45) is 0 Å². The van der Waals surface area contributed by atoms with Crippen LogP contribution in [0, 0.1) is 0 Å². The third-order valence-electron chi connectivity index (χ3n) is 4.26. The number of likely N-dealkylation sites (N-methyl/N-ethyl adjacent to an activating group) is 1. The molecule has 1 aliphatic carbocycles. The molecule has 7 nitrogen and oxygen atoms in total. The molecule has 1 atom stereocenters. The molecule has 3 rings (SSSR count). The molecular weight excluding hydrogens is 364 g/mol. The lowest BCUT2D eigenvalue weighted by atomic mass is 10.2. The summed E-state index contributed by atoms with van der Waals surface area (Å²) < 4.78 is 5.38. The summed E-state index contributed by atoms with van der Waals surface area (Å²) in [5, 5.41) is 5.53. The standard InChI is InChI=1S/C19H24N4O3S/c1-13(24)23(16-6-4-5-7-17(16)26-3)19-21-15(12-27-19)10-22(2)11-18(25)20-14-8-9-14/h4-7,12,14H,8-11H2,1-3H3,(H,20,25)/p+1. The van der Waals surface area contributed by atoms with Crippen molar-refractivity contribution in [3.8, 4) is 5.75 Å². The molecular formula is C19H25N4O3S+. The van der Waals surface area contributed by atoms with Crippen molar-refractivity contribution >= 4 is 34.0 Å². The molecule has 0 aliphatic heterocycles. The molecule has 2 aromatic rings. The topological polar surface area (TPSA) is 76.0 Å². The van der Waals surface area contributed by atoms with Gasteiger partial charge in [0.05, 0.1) is 19.8 Å². The second kappa shape index (κ2) is 8.49. The van der Waals surface area contributed by atoms with E-state index in [4.69, 9.17) is 4.74 Å². The summed E-state index contributed by atoms with van der Waals surface area (Å²) in [6.45, 7) is 2.53. The van der Waals surface area contributed by atoms with Crippen LogP contribution >= 0.6 is 11.3 Å². The third kappa shape index (κ3) is 5.05. The van der Waals surface area contributed by atoms with Gasteiger partial charge < -0.3 is 15.0 Å². The average molecular weight is 390 g/mol. The van der Waals surface area contributed by atoms with E-state index in [1.54, 1.807) is 12.0 Å². The fourth-order valence-corrected chi connectivity index (χ4v) is 3.73. The zero-order valence-corrected chi connectivity index (χ0v) is 16.6. The molecule has 1 heterocycles. The summed E-state index contributed by atoms with van der Waals surface area (Å²) in [5.41, 5.74) is 1.52. The van der Waals surface area contributed by atoms with E-state index in [0.717, 1.165) is 23.4 Å². The SMILES string of the molecule is COc1ccccc1N(C(C)=O)c1nc(C[NH+](C)CC(=O)NC2CC2)cs1. The Morgan fingerprint density at radius 2 is 2.11 bits per heavy atom. The van der Waals surface area contributed by atoms with Crippen molar-refractivity contribution in [2.75, 3.05) is 25.6 Å². The van der Waals surface area contributed by atoms with Gasteiger partial charge in [0.1, 0.15) is 18.0 Å². The smallest absolute Gasteiger partial charge is 0.275 e. The molecule has 2 amide bonds. The van der Waals surface area contributed by atoms with Gasteiger partial charge in [-0.1, -0.05) is 12.1 Å². The third-order valence-corrected chi connectivity index (χ3v) is 5.13. The quantitative estimate of drug-likeness (QED) is 0.710. The van der Waals surface area contributed by atoms with E-state index in [-0.39, 0.29) is 11.8 Å². The van der Waals surface area contributed by atoms with Crippen LogP contribution in [0.4, 0.5) is 10.8 Å². The van der Waals surface area contributed by atoms with Crippen molar-refractivity contribution in [1.82, 2.24) is 10.3 Å². The average Bonchev–Trinajstić information content (AvgIpc) is 3.32. The summed E-state index contributed by atoms with van der Waals surface area (Å²) in [5.74, 6) is 0.554. The van der Waals surface area contributed by atoms with Crippen LogP contribution in [-0.2, 0) is 16.1 Å². The Balaban J connectivity index is 1.70. The van der Waals surface area contributed by atoms with Crippen LogP contribution in [0.2, 0.25) is 0 Å². The monoisotopic (exact) mass is 389 g/mol. The van der Waals surface area contributed by atoms with Crippen LogP contribution in [0.15, 0.2) is 29.6 Å². The molecule has 8 heteroatoms. The Hall–Kier alpha value is -2.45. The van der Waals surface area contributed by atoms with Gasteiger partial charge >= 0.3 is 0 Å². The maximum Gasteiger partial charge on any atom is 0.275 e. The number of nitrogens with one attached hydrogen (secondary N) is 2. The molecule has 0 bridgehead atoms. The van der Waals surface area contributed by atoms with E-state index < -0.39 is 0 Å². The van der Waals surface area contributed by atoms with E-state index in [9.17, 15) is 9.59 Å². The highest BCUT2D eigenvalue weighted by Gasteiger charge is 2.25. The first kappa shape index (κ1) is 19.3. The second-order valence-electron chi connectivity index (χ2n) is 6.80. The largest absolute Gasteiger partial charge is 0.495 e. The van der Waals surface area contributed by atoms with Crippen molar-refractivity contribution < 1.29 is 19.2 Å². The summed E-state index contributed by atoms with van der Waals surface area (Å²) in [6.07, 6.45) is 2.17. The number of aromatic nitrogens is 1. The Labute approximate surface area is 162 Å². The molecule has 1 aromatic carbocycles. The van der Waals surface area contributed by atoms with Gasteiger partial charge in [-0.05, 0) is 25.0 Å². The van der Waals surface area contributed by atoms with Crippen molar-refractivity contribution in [3.63, 3.8) is 0 Å². The molecule has 1 fully saturated rings. The van der Waals surface area contributed by atoms with E-state index in [2.05, 4.69) is 10.3 Å². The first-order chi connectivity index (χ1) is 13.0. The van der Waals surface area contributed by atoms with Crippen LogP contribution in [0.25, 0.3) is 0 Å². The fourth-order valence-electron chi connectivity index (χ4n) is 2.85. The number of hydrogen-bond donors (Lipinski definition) is 2. The van der Waals surface area contributed by atoms with Gasteiger partial charge in [-0.15, -0.1) is 11.3 Å². The number of rotatable bonds is 8. The molecule has 0 saturated heterocycles. The number of hydrogen-bond acceptors (Lipinski definition) is 5. The minimum atomic E-state index is -0.134. The van der Waals surface area contributed by atoms with Crippen LogP contribution in [0.3, 0.4) is 0 Å². The minimum absolute atomic E-state index is 0.0739. The Morgan fingerprint density at radius 1 is 1.37 bits per heavy atom. The number of benzene rings is 1. The normalized spacial score (nSPS) is 14.5. The number of quaternary nitrogens is 1. The highest BCUT2D eigenvalue weighted by atomic mass is 32.1. The van der Waals surface area contributed by atoms with Gasteiger partial charge in [-0.2, -0.15) is 0 Å². The van der Waals surface area contributed by atoms with Crippen LogP contribution in [0.5, 0.6) is 5.75 Å². The number of amides is 2. The molecule has 1 aliphatic rings. The maximum absolute atomic E-state index is 12.3. The summed E-state index contributed by atoms with van der Waals surface area (Å²) in [6, 6.07) is 7.75. The van der Waals surface area contributed by atoms with Crippen LogP contribution in [-0.4, -0.2) is 43.5 Å². The van der Waals surface area contributed by atoms with Gasteiger partial charge in [-0.25, -0.2) is 4.98 Å². The van der Waals surface area contributed by atoms with Crippen LogP contribution in [0.1, 0.15) is 25.5 Å². The van der Waals surface area contributed by atoms with E-state index >= 15 is 0 Å². The Kier molecular flexibility index (Phi) is 6.08. The summed E-state index contributed by atoms with van der Waals surface area (Å²) in [7, 11) is 3.55. The van der Waals surface area contributed by atoms with Gasteiger partial charge in [0, 0.05) is 18.3 Å². The van der Waals surface area contributed by atoms with E-state index in [1.165, 1.54) is 18.3 Å². The Morgan fingerprint density at radius 3 is 2.78 bits per heavy atom. The van der Waals surface area contributed by atoms with E-state index in [1.807, 2.05) is 36.7 Å². The maximum atomic E-state index is 12.3. The first-order valence-electron chi connectivity index (χ1n) is 8.96. The van der Waals surface area contributed by atoms with Crippen LogP contribution < -0.4 is 19.9 Å². The molecule has 0 radical (unpaired) electrons. The van der Waals surface area contributed by atoms with Crippen molar-refractivity contribution in [1.29, 1.82) is 0 Å². The number of methoxy groups -OCH3 is 1. The highest BCUT2D eigenvalue weighted by Crippen LogP contribution is 2.35. The number of para-hydroxylation sites is 2. The van der Waals surface area contributed by atoms with Gasteiger partial charge in [0.2, 0.25) is 5.91 Å². The lowest BCUT2D eigenvalue weighted by molar-refractivity contribution is -0.885. The molecule has 1 unspecified atom stereocenters. The van der Waals surface area contributed by atoms with Gasteiger partial charge in [0.25, 0.3) is 5.91 Å². The molecule has 144 valence electrons. The number of ether oxygens (including phenoxy) is 1. The Bertz CT molecular complexity index is 819. The molecule has 1 aromatic heterocycles.